The van der Waals surface area contributed by atoms with Crippen LogP contribution in [-0.2, 0) is 30.4 Å². The van der Waals surface area contributed by atoms with Gasteiger partial charge in [-0.2, -0.15) is 12.6 Å². The van der Waals surface area contributed by atoms with E-state index in [4.69, 9.17) is 9.78 Å². The third-order valence-electron chi connectivity index (χ3n) is 2.27. The molecule has 1 aromatic heterocycles. The second-order valence-electron chi connectivity index (χ2n) is 3.48. The van der Waals surface area contributed by atoms with Gasteiger partial charge in [0.05, 0.1) is 13.2 Å². The summed E-state index contributed by atoms with van der Waals surface area (Å²) in [6.45, 7) is 0.344. The van der Waals surface area contributed by atoms with Crippen LogP contribution < -0.4 is 17.1 Å². The third kappa shape index (κ3) is 3.12. The van der Waals surface area contributed by atoms with Gasteiger partial charge in [-0.1, -0.05) is 0 Å². The number of rotatable bonds is 6. The highest BCUT2D eigenvalue weighted by Gasteiger charge is 2.09. The van der Waals surface area contributed by atoms with Gasteiger partial charge in [0.2, 0.25) is 0 Å². The number of nitrogens with zero attached hydrogens (tertiary/aromatic N) is 3. The van der Waals surface area contributed by atoms with E-state index < -0.39 is 17.1 Å². The number of thiol groups is 1. The first kappa shape index (κ1) is 14.7. The molecule has 0 bridgehead atoms. The summed E-state index contributed by atoms with van der Waals surface area (Å²) in [5, 5.41) is 0. The second-order valence-corrected chi connectivity index (χ2v) is 3.93. The Bertz CT molecular complexity index is 533. The molecule has 0 radical (unpaired) electrons. The highest BCUT2D eigenvalue weighted by Crippen LogP contribution is 1.82. The van der Waals surface area contributed by atoms with Crippen molar-refractivity contribution in [1.29, 1.82) is 0 Å². The Kier molecular flexibility index (Phi) is 5.38. The summed E-state index contributed by atoms with van der Waals surface area (Å²) in [5.41, 5.74) is -2.02. The van der Waals surface area contributed by atoms with Crippen LogP contribution in [0.5, 0.6) is 0 Å². The topological polar surface area (TPSA) is 84.5 Å². The van der Waals surface area contributed by atoms with Gasteiger partial charge in [-0.05, 0) is 0 Å². The van der Waals surface area contributed by atoms with Crippen LogP contribution in [0.25, 0.3) is 0 Å². The Morgan fingerprint density at radius 3 is 1.94 bits per heavy atom. The van der Waals surface area contributed by atoms with Crippen molar-refractivity contribution in [3.63, 3.8) is 0 Å². The smallest absolute Gasteiger partial charge is 0.248 e. The molecule has 0 aromatic carbocycles. The van der Waals surface area contributed by atoms with Crippen LogP contribution in [0, 0.1) is 0 Å². The van der Waals surface area contributed by atoms with Crippen LogP contribution >= 0.6 is 12.6 Å². The summed E-state index contributed by atoms with van der Waals surface area (Å²) in [6.07, 6.45) is 0. The minimum atomic E-state index is -0.680. The fourth-order valence-electron chi connectivity index (χ4n) is 1.31. The Hall–Kier alpha value is -1.32. The molecule has 0 saturated carbocycles. The average molecular weight is 277 g/mol. The highest BCUT2D eigenvalue weighted by atomic mass is 32.1. The standard InChI is InChI=1S/C9H15N3O5S/c1-10-7(13)11(2)9(15)12(8(10)14)3-4-16-17-5-6-18/h18H,3-6H2,1-2H3. The van der Waals surface area contributed by atoms with Gasteiger partial charge >= 0.3 is 17.1 Å². The van der Waals surface area contributed by atoms with Crippen molar-refractivity contribution >= 4 is 12.6 Å². The molecule has 0 unspecified atom stereocenters. The summed E-state index contributed by atoms with van der Waals surface area (Å²) >= 11 is 3.91. The third-order valence-corrected chi connectivity index (χ3v) is 2.45. The SMILES string of the molecule is Cn1c(=O)n(C)c(=O)n(CCOOCCS)c1=O. The Labute approximate surface area is 108 Å². The zero-order chi connectivity index (χ0) is 13.7. The van der Waals surface area contributed by atoms with Gasteiger partial charge in [-0.15, -0.1) is 0 Å². The molecule has 0 aliphatic rings. The van der Waals surface area contributed by atoms with Crippen LogP contribution in [-0.4, -0.2) is 32.7 Å². The molecule has 1 aromatic rings. The molecule has 8 nitrogen and oxygen atoms in total. The van der Waals surface area contributed by atoms with E-state index in [-0.39, 0.29) is 13.2 Å². The van der Waals surface area contributed by atoms with Crippen LogP contribution in [0.4, 0.5) is 0 Å². The lowest BCUT2D eigenvalue weighted by Crippen LogP contribution is -2.53. The first-order chi connectivity index (χ1) is 8.50. The van der Waals surface area contributed by atoms with Crippen molar-refractivity contribution < 1.29 is 9.78 Å². The number of aromatic nitrogens is 3. The van der Waals surface area contributed by atoms with E-state index in [2.05, 4.69) is 12.6 Å². The van der Waals surface area contributed by atoms with Crippen molar-refractivity contribution in [3.05, 3.63) is 31.5 Å². The van der Waals surface area contributed by atoms with Gasteiger partial charge in [-0.25, -0.2) is 37.9 Å². The maximum Gasteiger partial charge on any atom is 0.336 e. The highest BCUT2D eigenvalue weighted by molar-refractivity contribution is 7.80. The van der Waals surface area contributed by atoms with E-state index in [0.717, 1.165) is 13.7 Å². The lowest BCUT2D eigenvalue weighted by atomic mass is 10.6. The van der Waals surface area contributed by atoms with Crippen molar-refractivity contribution in [2.75, 3.05) is 19.0 Å². The molecule has 9 heteroatoms. The molecule has 0 fully saturated rings. The van der Waals surface area contributed by atoms with E-state index in [1.54, 1.807) is 0 Å². The van der Waals surface area contributed by atoms with Crippen molar-refractivity contribution in [1.82, 2.24) is 13.7 Å². The number of hydrogen-bond acceptors (Lipinski definition) is 6. The van der Waals surface area contributed by atoms with Gasteiger partial charge in [-0.3, -0.25) is 0 Å². The molecule has 18 heavy (non-hydrogen) atoms. The van der Waals surface area contributed by atoms with Gasteiger partial charge < -0.3 is 0 Å². The van der Waals surface area contributed by atoms with Gasteiger partial charge in [0.25, 0.3) is 0 Å². The molecule has 0 aliphatic heterocycles. The fraction of sp³-hybridized carbons (Fsp3) is 0.667. The minimum Gasteiger partial charge on any atom is -0.248 e. The van der Waals surface area contributed by atoms with E-state index >= 15 is 0 Å². The van der Waals surface area contributed by atoms with Crippen LogP contribution in [0.1, 0.15) is 0 Å². The molecule has 0 aliphatic carbocycles. The Morgan fingerprint density at radius 2 is 1.44 bits per heavy atom. The number of hydrogen-bond donors (Lipinski definition) is 1. The van der Waals surface area contributed by atoms with Crippen LogP contribution in [0.3, 0.4) is 0 Å². The molecule has 1 heterocycles. The van der Waals surface area contributed by atoms with Crippen molar-refractivity contribution in [3.8, 4) is 0 Å². The monoisotopic (exact) mass is 277 g/mol. The summed E-state index contributed by atoms with van der Waals surface area (Å²) in [5.74, 6) is 0.502. The summed E-state index contributed by atoms with van der Waals surface area (Å²) in [7, 11) is 2.61. The zero-order valence-corrected chi connectivity index (χ0v) is 11.1. The van der Waals surface area contributed by atoms with E-state index in [1.165, 1.54) is 14.1 Å². The minimum absolute atomic E-state index is 0.00615. The normalized spacial score (nSPS) is 10.8. The summed E-state index contributed by atoms with van der Waals surface area (Å²) in [6, 6.07) is 0. The molecule has 0 saturated heterocycles. The lowest BCUT2D eigenvalue weighted by molar-refractivity contribution is -0.291. The molecule has 0 atom stereocenters. The quantitative estimate of drug-likeness (QED) is 0.285. The predicted octanol–water partition coefficient (Wildman–Crippen LogP) is -1.88. The predicted molar refractivity (Wildman–Crippen MR) is 66.9 cm³/mol. The van der Waals surface area contributed by atoms with Gasteiger partial charge in [0.1, 0.15) is 6.61 Å². The molecular formula is C9H15N3O5S. The molecule has 0 N–H and O–H groups in total. The molecular weight excluding hydrogens is 262 g/mol. The van der Waals surface area contributed by atoms with Gasteiger partial charge in [0, 0.05) is 19.8 Å². The maximum absolute atomic E-state index is 11.7. The van der Waals surface area contributed by atoms with Gasteiger partial charge in [0.15, 0.2) is 0 Å². The molecule has 0 amide bonds. The van der Waals surface area contributed by atoms with E-state index in [0.29, 0.717) is 12.4 Å². The summed E-state index contributed by atoms with van der Waals surface area (Å²) < 4.78 is 2.62. The second kappa shape index (κ2) is 6.57. The fourth-order valence-corrected chi connectivity index (χ4v) is 1.38. The van der Waals surface area contributed by atoms with Crippen LogP contribution in [0.2, 0.25) is 0 Å². The van der Waals surface area contributed by atoms with Crippen molar-refractivity contribution in [2.45, 2.75) is 6.54 Å². The van der Waals surface area contributed by atoms with Crippen molar-refractivity contribution in [2.24, 2.45) is 14.1 Å². The molecule has 0 spiro atoms. The van der Waals surface area contributed by atoms with E-state index in [1.807, 2.05) is 0 Å². The lowest BCUT2D eigenvalue weighted by Gasteiger charge is -2.08. The molecule has 1 rings (SSSR count). The first-order valence-corrected chi connectivity index (χ1v) is 5.86. The summed E-state index contributed by atoms with van der Waals surface area (Å²) in [4.78, 5) is 44.3. The largest absolute Gasteiger partial charge is 0.336 e. The Morgan fingerprint density at radius 1 is 0.944 bits per heavy atom. The Balaban J connectivity index is 2.88. The maximum atomic E-state index is 11.7. The zero-order valence-electron chi connectivity index (χ0n) is 10.2. The molecule has 102 valence electrons. The van der Waals surface area contributed by atoms with E-state index in [9.17, 15) is 14.4 Å². The van der Waals surface area contributed by atoms with Crippen LogP contribution in [0.15, 0.2) is 14.4 Å². The average Bonchev–Trinajstić information content (AvgIpc) is 2.37. The first-order valence-electron chi connectivity index (χ1n) is 5.22.